The summed E-state index contributed by atoms with van der Waals surface area (Å²) in [7, 11) is 0. The van der Waals surface area contributed by atoms with Gasteiger partial charge in [0, 0.05) is 5.92 Å². The number of hydrogen-bond acceptors (Lipinski definition) is 0. The highest BCUT2D eigenvalue weighted by Gasteiger charge is 2.35. The maximum Gasteiger partial charge on any atom is 0.412 e. The Hall–Kier alpha value is -1.39. The van der Waals surface area contributed by atoms with Gasteiger partial charge in [-0.25, -0.2) is 8.78 Å². The molecule has 5 heteroatoms. The molecule has 1 aromatic rings. The number of unbranched alkanes of at least 4 members (excludes halogenated alkanes) is 2. The molecule has 0 aliphatic heterocycles. The predicted octanol–water partition coefficient (Wildman–Crippen LogP) is 13.4. The zero-order valence-corrected chi connectivity index (χ0v) is 27.9. The molecule has 4 aliphatic rings. The molecular formula is C40H59F5. The van der Waals surface area contributed by atoms with Crippen LogP contribution in [-0.2, 0) is 6.42 Å². The SMILES string of the molecule is CCCCCC1CCC(C2CCC(c3ccc(CCC4CCC(C5CCC(C(F)=CC(F)(F)F)CC5)CC4)c(F)c3)CC2)CC1. The van der Waals surface area contributed by atoms with Crippen molar-refractivity contribution in [3.63, 3.8) is 0 Å². The van der Waals surface area contributed by atoms with Crippen LogP contribution in [-0.4, -0.2) is 6.18 Å². The quantitative estimate of drug-likeness (QED) is 0.168. The molecule has 0 spiro atoms. The molecule has 0 N–H and O–H groups in total. The molecule has 0 saturated heterocycles. The lowest BCUT2D eigenvalue weighted by Gasteiger charge is -2.38. The van der Waals surface area contributed by atoms with Crippen molar-refractivity contribution in [1.29, 1.82) is 0 Å². The molecule has 0 unspecified atom stereocenters. The second kappa shape index (κ2) is 16.6. The topological polar surface area (TPSA) is 0 Å². The molecule has 4 saturated carbocycles. The monoisotopic (exact) mass is 634 g/mol. The van der Waals surface area contributed by atoms with E-state index in [2.05, 4.69) is 19.1 Å². The molecule has 254 valence electrons. The van der Waals surface area contributed by atoms with Crippen molar-refractivity contribution in [2.75, 3.05) is 0 Å². The zero-order valence-electron chi connectivity index (χ0n) is 27.9. The summed E-state index contributed by atoms with van der Waals surface area (Å²) in [5.41, 5.74) is 2.07. The first-order valence-electron chi connectivity index (χ1n) is 18.9. The number of halogens is 5. The van der Waals surface area contributed by atoms with Crippen molar-refractivity contribution in [2.45, 2.75) is 160 Å². The third-order valence-corrected chi connectivity index (χ3v) is 12.9. The van der Waals surface area contributed by atoms with Crippen molar-refractivity contribution < 1.29 is 22.0 Å². The van der Waals surface area contributed by atoms with Crippen molar-refractivity contribution in [1.82, 2.24) is 0 Å². The first kappa shape index (κ1) is 34.9. The summed E-state index contributed by atoms with van der Waals surface area (Å²) in [4.78, 5) is 0. The lowest BCUT2D eigenvalue weighted by atomic mass is 9.68. The van der Waals surface area contributed by atoms with Crippen LogP contribution in [0.4, 0.5) is 22.0 Å². The van der Waals surface area contributed by atoms with E-state index in [9.17, 15) is 17.6 Å². The van der Waals surface area contributed by atoms with Crippen LogP contribution >= 0.6 is 0 Å². The Bertz CT molecular complexity index is 1040. The summed E-state index contributed by atoms with van der Waals surface area (Å²) in [5.74, 6) is 3.46. The van der Waals surface area contributed by atoms with E-state index in [1.165, 1.54) is 82.6 Å². The van der Waals surface area contributed by atoms with Gasteiger partial charge >= 0.3 is 6.18 Å². The minimum absolute atomic E-state index is 0.0201. The number of hydrogen-bond donors (Lipinski definition) is 0. The standard InChI is InChI=1S/C40H59F5/c1-2-3-4-5-28-6-11-30(12-7-28)32-16-18-34(19-17-32)37-25-24-35(38(41)26-37)15-10-29-8-13-31(14-9-29)33-20-22-36(23-21-33)39(42)27-40(43,44)45/h24-34,36H,2-23H2,1H3. The number of allylic oxidation sites excluding steroid dienone is 2. The van der Waals surface area contributed by atoms with Crippen LogP contribution in [0.15, 0.2) is 30.1 Å². The Morgan fingerprint density at radius 1 is 0.689 bits per heavy atom. The van der Waals surface area contributed by atoms with Gasteiger partial charge in [0.1, 0.15) is 11.6 Å². The smallest absolute Gasteiger partial charge is 0.212 e. The molecule has 4 fully saturated rings. The molecule has 0 amide bonds. The van der Waals surface area contributed by atoms with Gasteiger partial charge < -0.3 is 0 Å². The Morgan fingerprint density at radius 3 is 1.71 bits per heavy atom. The van der Waals surface area contributed by atoms with E-state index in [0.29, 0.717) is 36.5 Å². The number of rotatable bonds is 11. The molecule has 5 rings (SSSR count). The average Bonchev–Trinajstić information content (AvgIpc) is 3.04. The molecule has 4 aliphatic carbocycles. The molecule has 0 nitrogen and oxygen atoms in total. The summed E-state index contributed by atoms with van der Waals surface area (Å²) in [5, 5.41) is 0. The highest BCUT2D eigenvalue weighted by atomic mass is 19.4. The third kappa shape index (κ3) is 10.3. The minimum Gasteiger partial charge on any atom is -0.212 e. The summed E-state index contributed by atoms with van der Waals surface area (Å²) in [6.45, 7) is 2.29. The van der Waals surface area contributed by atoms with Crippen molar-refractivity contribution >= 4 is 0 Å². The van der Waals surface area contributed by atoms with E-state index in [0.717, 1.165) is 74.7 Å². The molecule has 0 aromatic heterocycles. The minimum atomic E-state index is -4.57. The Morgan fingerprint density at radius 2 is 1.20 bits per heavy atom. The first-order chi connectivity index (χ1) is 21.7. The Kier molecular flexibility index (Phi) is 12.9. The van der Waals surface area contributed by atoms with Gasteiger partial charge in [-0.15, -0.1) is 0 Å². The predicted molar refractivity (Wildman–Crippen MR) is 175 cm³/mol. The van der Waals surface area contributed by atoms with Gasteiger partial charge in [0.05, 0.1) is 6.08 Å². The number of benzene rings is 1. The van der Waals surface area contributed by atoms with E-state index in [4.69, 9.17) is 0 Å². The van der Waals surface area contributed by atoms with Crippen LogP contribution < -0.4 is 0 Å². The zero-order chi connectivity index (χ0) is 31.8. The second-order valence-corrected chi connectivity index (χ2v) is 15.7. The maximum absolute atomic E-state index is 15.3. The fourth-order valence-electron chi connectivity index (χ4n) is 10.0. The van der Waals surface area contributed by atoms with E-state index >= 15 is 4.39 Å². The Balaban J connectivity index is 0.989. The van der Waals surface area contributed by atoms with Gasteiger partial charge in [-0.05, 0) is 149 Å². The van der Waals surface area contributed by atoms with Gasteiger partial charge in [-0.2, -0.15) is 13.2 Å². The van der Waals surface area contributed by atoms with E-state index < -0.39 is 17.9 Å². The van der Waals surface area contributed by atoms with Crippen LogP contribution in [0.1, 0.15) is 159 Å². The molecule has 0 bridgehead atoms. The lowest BCUT2D eigenvalue weighted by molar-refractivity contribution is -0.0821. The molecular weight excluding hydrogens is 575 g/mol. The van der Waals surface area contributed by atoms with Gasteiger partial charge in [-0.1, -0.05) is 70.4 Å². The highest BCUT2D eigenvalue weighted by molar-refractivity contribution is 5.27. The fraction of sp³-hybridized carbons (Fsp3) is 0.800. The van der Waals surface area contributed by atoms with Crippen LogP contribution in [0.5, 0.6) is 0 Å². The van der Waals surface area contributed by atoms with Crippen molar-refractivity contribution in [3.8, 4) is 0 Å². The highest BCUT2D eigenvalue weighted by Crippen LogP contribution is 2.46. The average molecular weight is 635 g/mol. The molecule has 0 radical (unpaired) electrons. The van der Waals surface area contributed by atoms with E-state index in [-0.39, 0.29) is 11.9 Å². The summed E-state index contributed by atoms with van der Waals surface area (Å²) in [6, 6.07) is 6.12. The lowest BCUT2D eigenvalue weighted by Crippen LogP contribution is -2.26. The third-order valence-electron chi connectivity index (χ3n) is 12.9. The fourth-order valence-corrected chi connectivity index (χ4v) is 10.0. The largest absolute Gasteiger partial charge is 0.412 e. The summed E-state index contributed by atoms with van der Waals surface area (Å²) >= 11 is 0. The van der Waals surface area contributed by atoms with Crippen molar-refractivity contribution in [3.05, 3.63) is 47.0 Å². The second-order valence-electron chi connectivity index (χ2n) is 15.7. The van der Waals surface area contributed by atoms with Crippen LogP contribution in [0.3, 0.4) is 0 Å². The van der Waals surface area contributed by atoms with E-state index in [1.54, 1.807) is 0 Å². The summed E-state index contributed by atoms with van der Waals surface area (Å²) in [6.07, 6.45) is 20.8. The van der Waals surface area contributed by atoms with Crippen LogP contribution in [0, 0.1) is 47.2 Å². The maximum atomic E-state index is 15.3. The molecule has 0 heterocycles. The van der Waals surface area contributed by atoms with E-state index in [1.807, 2.05) is 6.07 Å². The van der Waals surface area contributed by atoms with Gasteiger partial charge in [-0.3, -0.25) is 0 Å². The number of aryl methyl sites for hydroxylation is 1. The number of alkyl halides is 3. The molecule has 0 atom stereocenters. The van der Waals surface area contributed by atoms with Crippen LogP contribution in [0.25, 0.3) is 0 Å². The molecule has 1 aromatic carbocycles. The summed E-state index contributed by atoms with van der Waals surface area (Å²) < 4.78 is 66.8. The first-order valence-corrected chi connectivity index (χ1v) is 18.9. The normalized spacial score (nSPS) is 33.7. The van der Waals surface area contributed by atoms with Gasteiger partial charge in [0.25, 0.3) is 0 Å². The van der Waals surface area contributed by atoms with Gasteiger partial charge in [0.2, 0.25) is 0 Å². The van der Waals surface area contributed by atoms with Crippen molar-refractivity contribution in [2.24, 2.45) is 41.4 Å². The molecule has 45 heavy (non-hydrogen) atoms. The Labute approximate surface area is 270 Å². The van der Waals surface area contributed by atoms with Crippen LogP contribution in [0.2, 0.25) is 0 Å². The van der Waals surface area contributed by atoms with Gasteiger partial charge in [0.15, 0.2) is 0 Å².